The molecule has 2 rings (SSSR count). The van der Waals surface area contributed by atoms with E-state index < -0.39 is 15.4 Å². The molecule has 0 amide bonds. The summed E-state index contributed by atoms with van der Waals surface area (Å²) in [5.74, 6) is 0.372. The molecule has 0 spiro atoms. The van der Waals surface area contributed by atoms with E-state index in [0.717, 1.165) is 6.42 Å². The maximum absolute atomic E-state index is 10.6. The Morgan fingerprint density at radius 1 is 1.27 bits per heavy atom. The van der Waals surface area contributed by atoms with E-state index in [4.69, 9.17) is 0 Å². The molecule has 4 heteroatoms. The minimum atomic E-state index is -4.03. The van der Waals surface area contributed by atoms with Crippen molar-refractivity contribution >= 4 is 10.1 Å². The quantitative estimate of drug-likeness (QED) is 0.428. The van der Waals surface area contributed by atoms with Crippen molar-refractivity contribution in [1.82, 2.24) is 0 Å². The number of hydrogen-bond donors (Lipinski definition) is 0. The summed E-state index contributed by atoms with van der Waals surface area (Å²) in [6, 6.07) is 0. The lowest BCUT2D eigenvalue weighted by Gasteiger charge is -2.21. The van der Waals surface area contributed by atoms with Crippen LogP contribution in [-0.4, -0.2) is 18.2 Å². The highest BCUT2D eigenvalue weighted by atomic mass is 32.2. The van der Waals surface area contributed by atoms with Crippen molar-refractivity contribution in [1.29, 1.82) is 0 Å². The first-order valence-corrected chi connectivity index (χ1v) is 5.17. The van der Waals surface area contributed by atoms with Crippen LogP contribution in [0.15, 0.2) is 12.2 Å². The molecule has 0 aromatic heterocycles. The monoisotopic (exact) mass is 173 g/mol. The fourth-order valence-corrected chi connectivity index (χ4v) is 3.18. The summed E-state index contributed by atoms with van der Waals surface area (Å²) < 4.78 is 31.9. The maximum atomic E-state index is 10.6. The van der Waals surface area contributed by atoms with Crippen molar-refractivity contribution in [2.45, 2.75) is 18.1 Å². The van der Waals surface area contributed by atoms with Gasteiger partial charge in [-0.1, -0.05) is 12.2 Å². The van der Waals surface area contributed by atoms with Crippen LogP contribution in [0.25, 0.3) is 0 Å². The zero-order valence-corrected chi connectivity index (χ0v) is 6.75. The highest BCUT2D eigenvalue weighted by molar-refractivity contribution is 7.86. The molecule has 0 heterocycles. The lowest BCUT2D eigenvalue weighted by atomic mass is 10.1. The van der Waals surface area contributed by atoms with E-state index in [1.54, 1.807) is 0 Å². The first-order chi connectivity index (χ1) is 5.07. The van der Waals surface area contributed by atoms with E-state index >= 15 is 0 Å². The molecule has 0 aromatic carbocycles. The van der Waals surface area contributed by atoms with Crippen molar-refractivity contribution in [2.24, 2.45) is 11.8 Å². The van der Waals surface area contributed by atoms with Crippen molar-refractivity contribution in [3.05, 3.63) is 12.2 Å². The molecule has 0 aliphatic heterocycles. The molecule has 0 radical (unpaired) electrons. The van der Waals surface area contributed by atoms with E-state index in [1.807, 2.05) is 12.2 Å². The summed E-state index contributed by atoms with van der Waals surface area (Å²) in [6.45, 7) is 0. The van der Waals surface area contributed by atoms with Crippen LogP contribution in [0.4, 0.5) is 0 Å². The third kappa shape index (κ3) is 1.10. The Labute approximate surface area is 65.9 Å². The molecule has 0 aromatic rings. The van der Waals surface area contributed by atoms with Crippen LogP contribution in [0, 0.1) is 11.8 Å². The third-order valence-corrected chi connectivity index (χ3v) is 3.87. The number of allylic oxidation sites excluding steroid dienone is 2. The lowest BCUT2D eigenvalue weighted by molar-refractivity contribution is 0.437. The van der Waals surface area contributed by atoms with Crippen LogP contribution in [0.1, 0.15) is 12.8 Å². The largest absolute Gasteiger partial charge is 0.748 e. The zero-order valence-electron chi connectivity index (χ0n) is 5.93. The molecular formula is C7H9O3S-. The lowest BCUT2D eigenvalue weighted by Crippen LogP contribution is -2.24. The molecule has 2 bridgehead atoms. The molecule has 0 N–H and O–H groups in total. The minimum absolute atomic E-state index is 0.0162. The van der Waals surface area contributed by atoms with Gasteiger partial charge in [0, 0.05) is 0 Å². The van der Waals surface area contributed by atoms with E-state index in [1.165, 1.54) is 0 Å². The van der Waals surface area contributed by atoms with E-state index in [9.17, 15) is 13.0 Å². The van der Waals surface area contributed by atoms with E-state index in [0.29, 0.717) is 12.3 Å². The second kappa shape index (κ2) is 2.08. The van der Waals surface area contributed by atoms with Gasteiger partial charge in [0.25, 0.3) is 0 Å². The predicted molar refractivity (Wildman–Crippen MR) is 38.8 cm³/mol. The SMILES string of the molecule is O=S(=O)([O-])C1CC2C=CC1C2. The minimum Gasteiger partial charge on any atom is -0.748 e. The molecule has 0 saturated heterocycles. The fraction of sp³-hybridized carbons (Fsp3) is 0.714. The van der Waals surface area contributed by atoms with Gasteiger partial charge >= 0.3 is 0 Å². The normalized spacial score (nSPS) is 41.7. The molecule has 62 valence electrons. The maximum Gasteiger partial charge on any atom is 0.0981 e. The standard InChI is InChI=1S/C7H10O3S/c8-11(9,10)7-4-5-1-2-6(7)3-5/h1-2,5-7H,3-4H2,(H,8,9,10)/p-1. The highest BCUT2D eigenvalue weighted by Gasteiger charge is 2.39. The fourth-order valence-electron chi connectivity index (χ4n) is 2.06. The summed E-state index contributed by atoms with van der Waals surface area (Å²) in [5.41, 5.74) is 0. The van der Waals surface area contributed by atoms with Crippen LogP contribution >= 0.6 is 0 Å². The van der Waals surface area contributed by atoms with Gasteiger partial charge in [0.05, 0.1) is 15.4 Å². The molecule has 2 aliphatic carbocycles. The van der Waals surface area contributed by atoms with E-state index in [2.05, 4.69) is 0 Å². The third-order valence-electron chi connectivity index (χ3n) is 2.59. The number of rotatable bonds is 1. The van der Waals surface area contributed by atoms with Gasteiger partial charge in [-0.05, 0) is 24.7 Å². The molecular weight excluding hydrogens is 164 g/mol. The second-order valence-corrected chi connectivity index (χ2v) is 4.90. The molecule has 11 heavy (non-hydrogen) atoms. The van der Waals surface area contributed by atoms with Gasteiger partial charge in [-0.2, -0.15) is 0 Å². The summed E-state index contributed by atoms with van der Waals surface area (Å²) >= 11 is 0. The van der Waals surface area contributed by atoms with Crippen LogP contribution in [0.3, 0.4) is 0 Å². The highest BCUT2D eigenvalue weighted by Crippen LogP contribution is 2.41. The topological polar surface area (TPSA) is 57.2 Å². The van der Waals surface area contributed by atoms with Gasteiger partial charge in [0.1, 0.15) is 0 Å². The smallest absolute Gasteiger partial charge is 0.0981 e. The average Bonchev–Trinajstić information content (AvgIpc) is 2.42. The van der Waals surface area contributed by atoms with Crippen LogP contribution in [-0.2, 0) is 10.1 Å². The number of hydrogen-bond acceptors (Lipinski definition) is 3. The van der Waals surface area contributed by atoms with Gasteiger partial charge in [-0.15, -0.1) is 0 Å². The van der Waals surface area contributed by atoms with Gasteiger partial charge in [0.15, 0.2) is 0 Å². The molecule has 3 unspecified atom stereocenters. The van der Waals surface area contributed by atoms with Crippen molar-refractivity contribution in [3.63, 3.8) is 0 Å². The molecule has 1 fully saturated rings. The summed E-state index contributed by atoms with van der Waals surface area (Å²) in [7, 11) is -4.03. The van der Waals surface area contributed by atoms with Gasteiger partial charge < -0.3 is 4.55 Å². The second-order valence-electron chi connectivity index (χ2n) is 3.31. The molecule has 3 nitrogen and oxygen atoms in total. The van der Waals surface area contributed by atoms with Gasteiger partial charge in [-0.3, -0.25) is 0 Å². The zero-order chi connectivity index (χ0) is 8.06. The van der Waals surface area contributed by atoms with E-state index in [-0.39, 0.29) is 5.92 Å². The summed E-state index contributed by atoms with van der Waals surface area (Å²) in [4.78, 5) is 0. The van der Waals surface area contributed by atoms with Crippen LogP contribution < -0.4 is 0 Å². The Kier molecular flexibility index (Phi) is 1.38. The van der Waals surface area contributed by atoms with Crippen LogP contribution in [0.5, 0.6) is 0 Å². The number of fused-ring (bicyclic) bond motifs is 2. The summed E-state index contributed by atoms with van der Waals surface area (Å²) in [6.07, 6.45) is 5.31. The van der Waals surface area contributed by atoms with Crippen molar-refractivity contribution in [3.8, 4) is 0 Å². The summed E-state index contributed by atoms with van der Waals surface area (Å²) in [5, 5.41) is -0.627. The van der Waals surface area contributed by atoms with Gasteiger partial charge in [-0.25, -0.2) is 8.42 Å². The average molecular weight is 173 g/mol. The Morgan fingerprint density at radius 2 is 2.00 bits per heavy atom. The Balaban J connectivity index is 2.28. The Hall–Kier alpha value is -0.350. The first-order valence-electron chi connectivity index (χ1n) is 3.70. The molecule has 2 aliphatic rings. The van der Waals surface area contributed by atoms with Gasteiger partial charge in [0.2, 0.25) is 0 Å². The molecule has 1 saturated carbocycles. The Morgan fingerprint density at radius 3 is 2.27 bits per heavy atom. The molecule has 3 atom stereocenters. The van der Waals surface area contributed by atoms with Crippen molar-refractivity contribution < 1.29 is 13.0 Å². The Bertz CT molecular complexity index is 291. The van der Waals surface area contributed by atoms with Crippen molar-refractivity contribution in [2.75, 3.05) is 0 Å². The first kappa shape index (κ1) is 7.31. The van der Waals surface area contributed by atoms with Crippen LogP contribution in [0.2, 0.25) is 0 Å². The predicted octanol–water partition coefficient (Wildman–Crippen LogP) is 0.496.